The first kappa shape index (κ1) is 18.4. The molecule has 0 aliphatic heterocycles. The molecule has 0 bridgehead atoms. The highest BCUT2D eigenvalue weighted by molar-refractivity contribution is 6.34. The van der Waals surface area contributed by atoms with Crippen molar-refractivity contribution in [3.8, 4) is 11.1 Å². The third-order valence-corrected chi connectivity index (χ3v) is 5.19. The third kappa shape index (κ3) is 3.43. The number of aryl methyl sites for hydroxylation is 1. The van der Waals surface area contributed by atoms with Gasteiger partial charge in [0.2, 0.25) is 0 Å². The average molecular weight is 392 g/mol. The first-order valence-corrected chi connectivity index (χ1v) is 9.42. The second-order valence-corrected chi connectivity index (χ2v) is 7.20. The van der Waals surface area contributed by atoms with Crippen LogP contribution in [0.15, 0.2) is 67.1 Å². The number of anilines is 1. The Balaban J connectivity index is 1.73. The van der Waals surface area contributed by atoms with E-state index in [1.807, 2.05) is 50.2 Å². The van der Waals surface area contributed by atoms with Gasteiger partial charge in [-0.25, -0.2) is 4.39 Å². The standard InChI is InChI=1S/C23H19ClFN3/c1-14-9-10-26-12-19(14)16-7-8-21(25)18(11-16)15(2)28-23-17-5-3-4-6-22(17)27-13-20(23)24/h3-13,15H,1-2H3,(H,27,28). The lowest BCUT2D eigenvalue weighted by Crippen LogP contribution is -2.10. The number of rotatable bonds is 4. The molecule has 28 heavy (non-hydrogen) atoms. The van der Waals surface area contributed by atoms with Crippen LogP contribution in [0.25, 0.3) is 22.0 Å². The fourth-order valence-corrected chi connectivity index (χ4v) is 3.57. The van der Waals surface area contributed by atoms with Crippen molar-refractivity contribution >= 4 is 28.2 Å². The number of aromatic nitrogens is 2. The summed E-state index contributed by atoms with van der Waals surface area (Å²) in [5.74, 6) is -0.264. The molecule has 3 nitrogen and oxygen atoms in total. The SMILES string of the molecule is Cc1ccncc1-c1ccc(F)c(C(C)Nc2c(Cl)cnc3ccccc23)c1. The summed E-state index contributed by atoms with van der Waals surface area (Å²) in [6, 6.07) is 14.5. The van der Waals surface area contributed by atoms with Crippen LogP contribution in [-0.4, -0.2) is 9.97 Å². The van der Waals surface area contributed by atoms with Crippen molar-refractivity contribution < 1.29 is 4.39 Å². The fraction of sp³-hybridized carbons (Fsp3) is 0.130. The molecule has 4 aromatic rings. The van der Waals surface area contributed by atoms with E-state index in [-0.39, 0.29) is 11.9 Å². The Morgan fingerprint density at radius 2 is 1.89 bits per heavy atom. The second-order valence-electron chi connectivity index (χ2n) is 6.79. The summed E-state index contributed by atoms with van der Waals surface area (Å²) in [6.45, 7) is 3.94. The molecule has 0 amide bonds. The molecule has 2 aromatic carbocycles. The number of hydrogen-bond donors (Lipinski definition) is 1. The van der Waals surface area contributed by atoms with Crippen molar-refractivity contribution in [2.75, 3.05) is 5.32 Å². The summed E-state index contributed by atoms with van der Waals surface area (Å²) >= 11 is 6.40. The van der Waals surface area contributed by atoms with Crippen molar-refractivity contribution in [3.63, 3.8) is 0 Å². The van der Waals surface area contributed by atoms with Gasteiger partial charge in [-0.1, -0.05) is 35.9 Å². The van der Waals surface area contributed by atoms with Gasteiger partial charge < -0.3 is 5.32 Å². The zero-order chi connectivity index (χ0) is 19.7. The van der Waals surface area contributed by atoms with Crippen LogP contribution in [0, 0.1) is 12.7 Å². The molecule has 0 saturated carbocycles. The zero-order valence-corrected chi connectivity index (χ0v) is 16.3. The first-order valence-electron chi connectivity index (χ1n) is 9.05. The van der Waals surface area contributed by atoms with Crippen LogP contribution in [0.3, 0.4) is 0 Å². The number of hydrogen-bond acceptors (Lipinski definition) is 3. The highest BCUT2D eigenvalue weighted by Gasteiger charge is 2.16. The maximum atomic E-state index is 14.7. The Morgan fingerprint density at radius 3 is 2.71 bits per heavy atom. The summed E-state index contributed by atoms with van der Waals surface area (Å²) in [5.41, 5.74) is 5.17. The Hall–Kier alpha value is -2.98. The highest BCUT2D eigenvalue weighted by Crippen LogP contribution is 2.34. The molecule has 0 spiro atoms. The van der Waals surface area contributed by atoms with E-state index in [1.165, 1.54) is 6.07 Å². The van der Waals surface area contributed by atoms with E-state index in [2.05, 4.69) is 15.3 Å². The molecule has 0 radical (unpaired) electrons. The number of para-hydroxylation sites is 1. The van der Waals surface area contributed by atoms with Gasteiger partial charge in [0.1, 0.15) is 5.82 Å². The summed E-state index contributed by atoms with van der Waals surface area (Å²) < 4.78 is 14.7. The predicted octanol–water partition coefficient (Wildman–Crippen LogP) is 6.57. The van der Waals surface area contributed by atoms with Gasteiger partial charge in [-0.05, 0) is 49.2 Å². The third-order valence-electron chi connectivity index (χ3n) is 4.90. The maximum absolute atomic E-state index is 14.7. The van der Waals surface area contributed by atoms with Crippen molar-refractivity contribution in [2.24, 2.45) is 0 Å². The molecular weight excluding hydrogens is 373 g/mol. The molecule has 4 rings (SSSR count). The first-order chi connectivity index (χ1) is 13.5. The van der Waals surface area contributed by atoms with E-state index in [0.29, 0.717) is 10.6 Å². The molecule has 1 unspecified atom stereocenters. The zero-order valence-electron chi connectivity index (χ0n) is 15.6. The van der Waals surface area contributed by atoms with Gasteiger partial charge in [0.25, 0.3) is 0 Å². The quantitative estimate of drug-likeness (QED) is 0.427. The van der Waals surface area contributed by atoms with Crippen LogP contribution < -0.4 is 5.32 Å². The molecule has 1 N–H and O–H groups in total. The molecule has 0 saturated heterocycles. The number of fused-ring (bicyclic) bond motifs is 1. The molecule has 0 aliphatic carbocycles. The van der Waals surface area contributed by atoms with Gasteiger partial charge in [0.15, 0.2) is 0 Å². The van der Waals surface area contributed by atoms with Crippen molar-refractivity contribution in [3.05, 3.63) is 89.1 Å². The second kappa shape index (κ2) is 7.56. The van der Waals surface area contributed by atoms with Crippen LogP contribution in [0.4, 0.5) is 10.1 Å². The van der Waals surface area contributed by atoms with Gasteiger partial charge in [-0.3, -0.25) is 9.97 Å². The molecule has 5 heteroatoms. The Kier molecular flexibility index (Phi) is 4.97. The van der Waals surface area contributed by atoms with E-state index >= 15 is 0 Å². The van der Waals surface area contributed by atoms with Gasteiger partial charge in [0, 0.05) is 35.1 Å². The molecular formula is C23H19ClFN3. The average Bonchev–Trinajstić information content (AvgIpc) is 2.71. The van der Waals surface area contributed by atoms with E-state index < -0.39 is 0 Å². The number of pyridine rings is 2. The van der Waals surface area contributed by atoms with Crippen molar-refractivity contribution in [1.29, 1.82) is 0 Å². The molecule has 2 aromatic heterocycles. The minimum Gasteiger partial charge on any atom is -0.377 e. The monoisotopic (exact) mass is 391 g/mol. The van der Waals surface area contributed by atoms with E-state index in [4.69, 9.17) is 11.6 Å². The predicted molar refractivity (Wildman–Crippen MR) is 113 cm³/mol. The molecule has 1 atom stereocenters. The lowest BCUT2D eigenvalue weighted by atomic mass is 9.98. The van der Waals surface area contributed by atoms with Crippen LogP contribution >= 0.6 is 11.6 Å². The summed E-state index contributed by atoms with van der Waals surface area (Å²) in [5, 5.41) is 4.79. The number of nitrogens with zero attached hydrogens (tertiary/aromatic N) is 2. The largest absolute Gasteiger partial charge is 0.377 e. The minimum atomic E-state index is -0.291. The van der Waals surface area contributed by atoms with Crippen molar-refractivity contribution in [2.45, 2.75) is 19.9 Å². The topological polar surface area (TPSA) is 37.8 Å². The lowest BCUT2D eigenvalue weighted by molar-refractivity contribution is 0.600. The van der Waals surface area contributed by atoms with E-state index in [1.54, 1.807) is 24.7 Å². The van der Waals surface area contributed by atoms with Crippen LogP contribution in [0.1, 0.15) is 24.1 Å². The van der Waals surface area contributed by atoms with Gasteiger partial charge in [-0.2, -0.15) is 0 Å². The molecule has 140 valence electrons. The summed E-state index contributed by atoms with van der Waals surface area (Å²) in [6.07, 6.45) is 5.17. The number of halogens is 2. The van der Waals surface area contributed by atoms with Crippen molar-refractivity contribution in [1.82, 2.24) is 9.97 Å². The summed E-state index contributed by atoms with van der Waals surface area (Å²) in [7, 11) is 0. The van der Waals surface area contributed by atoms with Crippen LogP contribution in [0.2, 0.25) is 5.02 Å². The van der Waals surface area contributed by atoms with Gasteiger partial charge >= 0.3 is 0 Å². The van der Waals surface area contributed by atoms with Gasteiger partial charge in [0.05, 0.1) is 22.3 Å². The van der Waals surface area contributed by atoms with E-state index in [0.717, 1.165) is 33.3 Å². The molecule has 2 heterocycles. The molecule has 0 aliphatic rings. The van der Waals surface area contributed by atoms with Crippen LogP contribution in [-0.2, 0) is 0 Å². The fourth-order valence-electron chi connectivity index (χ4n) is 3.37. The maximum Gasteiger partial charge on any atom is 0.128 e. The summed E-state index contributed by atoms with van der Waals surface area (Å²) in [4.78, 5) is 8.55. The van der Waals surface area contributed by atoms with Gasteiger partial charge in [-0.15, -0.1) is 0 Å². The Bertz CT molecular complexity index is 1160. The normalized spacial score (nSPS) is 12.1. The van der Waals surface area contributed by atoms with E-state index in [9.17, 15) is 4.39 Å². The number of benzene rings is 2. The Morgan fingerprint density at radius 1 is 1.07 bits per heavy atom. The Labute approximate surface area is 168 Å². The molecule has 0 fully saturated rings. The smallest absolute Gasteiger partial charge is 0.128 e. The highest BCUT2D eigenvalue weighted by atomic mass is 35.5. The lowest BCUT2D eigenvalue weighted by Gasteiger charge is -2.20. The number of nitrogens with one attached hydrogen (secondary N) is 1. The minimum absolute atomic E-state index is 0.264. The van der Waals surface area contributed by atoms with Crippen LogP contribution in [0.5, 0.6) is 0 Å².